The lowest BCUT2D eigenvalue weighted by molar-refractivity contribution is 0.0802. The van der Waals surface area contributed by atoms with E-state index in [2.05, 4.69) is 36.5 Å². The Labute approximate surface area is 122 Å². The lowest BCUT2D eigenvalue weighted by Crippen LogP contribution is -2.33. The molecule has 20 heavy (non-hydrogen) atoms. The van der Waals surface area contributed by atoms with Gasteiger partial charge in [-0.3, -0.25) is 4.79 Å². The summed E-state index contributed by atoms with van der Waals surface area (Å²) >= 11 is 0. The Morgan fingerprint density at radius 3 is 2.55 bits per heavy atom. The highest BCUT2D eigenvalue weighted by atomic mass is 16.1. The summed E-state index contributed by atoms with van der Waals surface area (Å²) in [6, 6.07) is 8.48. The molecule has 1 N–H and O–H groups in total. The maximum atomic E-state index is 12.9. The van der Waals surface area contributed by atoms with Gasteiger partial charge >= 0.3 is 0 Å². The van der Waals surface area contributed by atoms with Crippen LogP contribution in [0.2, 0.25) is 0 Å². The van der Waals surface area contributed by atoms with Crippen LogP contribution in [0.4, 0.5) is 0 Å². The molecule has 0 radical (unpaired) electrons. The number of nitrogens with one attached hydrogen (secondary N) is 1. The van der Waals surface area contributed by atoms with Gasteiger partial charge in [0.05, 0.1) is 0 Å². The third-order valence-electron chi connectivity index (χ3n) is 5.20. The standard InChI is InChI=1S/C18H25NO/c1-2-10-18(11-12-19-13-18)17(20)16-8-6-15(7-9-16)14-4-3-5-14/h6-9,14,19H,2-5,10-13H2,1H3. The first-order valence-corrected chi connectivity index (χ1v) is 8.11. The second-order valence-corrected chi connectivity index (χ2v) is 6.54. The Morgan fingerprint density at radius 2 is 2.05 bits per heavy atom. The number of hydrogen-bond acceptors (Lipinski definition) is 2. The molecule has 2 fully saturated rings. The molecule has 1 saturated carbocycles. The number of Topliss-reactive ketones (excluding diaryl/α,β-unsaturated/α-hetero) is 1. The van der Waals surface area contributed by atoms with Crippen LogP contribution in [0, 0.1) is 5.41 Å². The lowest BCUT2D eigenvalue weighted by atomic mass is 9.75. The zero-order valence-electron chi connectivity index (χ0n) is 12.5. The van der Waals surface area contributed by atoms with Gasteiger partial charge in [-0.2, -0.15) is 0 Å². The van der Waals surface area contributed by atoms with Crippen molar-refractivity contribution in [3.05, 3.63) is 35.4 Å². The average Bonchev–Trinajstić information content (AvgIpc) is 2.87. The number of hydrogen-bond donors (Lipinski definition) is 1. The van der Waals surface area contributed by atoms with Crippen molar-refractivity contribution in [2.45, 2.75) is 51.4 Å². The Kier molecular flexibility index (Phi) is 3.93. The van der Waals surface area contributed by atoms with Crippen LogP contribution < -0.4 is 5.32 Å². The SMILES string of the molecule is CCCC1(C(=O)c2ccc(C3CCC3)cc2)CCNC1. The van der Waals surface area contributed by atoms with E-state index in [-0.39, 0.29) is 5.41 Å². The quantitative estimate of drug-likeness (QED) is 0.822. The van der Waals surface area contributed by atoms with Crippen LogP contribution in [0.15, 0.2) is 24.3 Å². The molecule has 1 aliphatic carbocycles. The summed E-state index contributed by atoms with van der Waals surface area (Å²) < 4.78 is 0. The Bertz CT molecular complexity index is 467. The van der Waals surface area contributed by atoms with Gasteiger partial charge in [-0.25, -0.2) is 0 Å². The minimum absolute atomic E-state index is 0.146. The van der Waals surface area contributed by atoms with Crippen LogP contribution in [-0.4, -0.2) is 18.9 Å². The Balaban J connectivity index is 1.78. The fourth-order valence-electron chi connectivity index (χ4n) is 3.70. The first kappa shape index (κ1) is 13.8. The number of rotatable bonds is 5. The van der Waals surface area contributed by atoms with Crippen LogP contribution in [-0.2, 0) is 0 Å². The first-order valence-electron chi connectivity index (χ1n) is 8.11. The zero-order chi connectivity index (χ0) is 14.0. The first-order chi connectivity index (χ1) is 9.75. The molecule has 0 bridgehead atoms. The monoisotopic (exact) mass is 271 g/mol. The van der Waals surface area contributed by atoms with Crippen molar-refractivity contribution in [3.63, 3.8) is 0 Å². The molecule has 1 unspecified atom stereocenters. The summed E-state index contributed by atoms with van der Waals surface area (Å²) in [5.74, 6) is 1.10. The van der Waals surface area contributed by atoms with Crippen molar-refractivity contribution in [2.75, 3.05) is 13.1 Å². The van der Waals surface area contributed by atoms with Crippen molar-refractivity contribution in [3.8, 4) is 0 Å². The van der Waals surface area contributed by atoms with E-state index in [4.69, 9.17) is 0 Å². The molecule has 1 aromatic carbocycles. The smallest absolute Gasteiger partial charge is 0.170 e. The second-order valence-electron chi connectivity index (χ2n) is 6.54. The maximum Gasteiger partial charge on any atom is 0.170 e. The Morgan fingerprint density at radius 1 is 1.30 bits per heavy atom. The predicted molar refractivity (Wildman–Crippen MR) is 82.2 cm³/mol. The van der Waals surface area contributed by atoms with Gasteiger partial charge in [0, 0.05) is 17.5 Å². The van der Waals surface area contributed by atoms with Crippen molar-refractivity contribution >= 4 is 5.78 Å². The number of ketones is 1. The summed E-state index contributed by atoms with van der Waals surface area (Å²) in [6.45, 7) is 4.00. The Hall–Kier alpha value is -1.15. The van der Waals surface area contributed by atoms with Crippen LogP contribution in [0.1, 0.15) is 67.3 Å². The van der Waals surface area contributed by atoms with Gasteiger partial charge in [0.15, 0.2) is 5.78 Å². The molecule has 0 amide bonds. The number of carbonyl (C=O) groups excluding carboxylic acids is 1. The van der Waals surface area contributed by atoms with E-state index in [1.54, 1.807) is 0 Å². The normalized spacial score (nSPS) is 26.4. The van der Waals surface area contributed by atoms with Gasteiger partial charge in [0.25, 0.3) is 0 Å². The van der Waals surface area contributed by atoms with Gasteiger partial charge in [-0.1, -0.05) is 44.0 Å². The van der Waals surface area contributed by atoms with E-state index < -0.39 is 0 Å². The van der Waals surface area contributed by atoms with Crippen molar-refractivity contribution in [1.29, 1.82) is 0 Å². The van der Waals surface area contributed by atoms with E-state index in [1.165, 1.54) is 24.8 Å². The van der Waals surface area contributed by atoms with Crippen LogP contribution in [0.25, 0.3) is 0 Å². The molecule has 1 saturated heterocycles. The third kappa shape index (κ3) is 2.42. The van der Waals surface area contributed by atoms with Gasteiger partial charge in [0.2, 0.25) is 0 Å². The average molecular weight is 271 g/mol. The summed E-state index contributed by atoms with van der Waals surface area (Å²) in [6.07, 6.45) is 7.06. The maximum absolute atomic E-state index is 12.9. The third-order valence-corrected chi connectivity index (χ3v) is 5.20. The molecule has 0 spiro atoms. The molecule has 2 heteroatoms. The highest BCUT2D eigenvalue weighted by Gasteiger charge is 2.40. The molecule has 1 aromatic rings. The van der Waals surface area contributed by atoms with Crippen molar-refractivity contribution < 1.29 is 4.79 Å². The largest absolute Gasteiger partial charge is 0.316 e. The molecule has 1 atom stereocenters. The zero-order valence-corrected chi connectivity index (χ0v) is 12.5. The predicted octanol–water partition coefficient (Wildman–Crippen LogP) is 3.92. The lowest BCUT2D eigenvalue weighted by Gasteiger charge is -2.28. The molecule has 108 valence electrons. The van der Waals surface area contributed by atoms with Gasteiger partial charge in [-0.15, -0.1) is 0 Å². The van der Waals surface area contributed by atoms with E-state index in [1.807, 2.05) is 0 Å². The van der Waals surface area contributed by atoms with Crippen LogP contribution >= 0.6 is 0 Å². The second kappa shape index (κ2) is 5.69. The molecule has 3 rings (SSSR count). The van der Waals surface area contributed by atoms with E-state index in [0.717, 1.165) is 43.8 Å². The topological polar surface area (TPSA) is 29.1 Å². The van der Waals surface area contributed by atoms with Crippen molar-refractivity contribution in [2.24, 2.45) is 5.41 Å². The minimum Gasteiger partial charge on any atom is -0.316 e. The van der Waals surface area contributed by atoms with E-state index in [9.17, 15) is 4.79 Å². The molecular weight excluding hydrogens is 246 g/mol. The summed E-state index contributed by atoms with van der Waals surface area (Å²) in [5, 5.41) is 3.38. The fraction of sp³-hybridized carbons (Fsp3) is 0.611. The summed E-state index contributed by atoms with van der Waals surface area (Å²) in [7, 11) is 0. The number of carbonyl (C=O) groups is 1. The molecule has 2 nitrogen and oxygen atoms in total. The van der Waals surface area contributed by atoms with E-state index in [0.29, 0.717) is 5.78 Å². The van der Waals surface area contributed by atoms with E-state index >= 15 is 0 Å². The highest BCUT2D eigenvalue weighted by molar-refractivity contribution is 6.01. The van der Waals surface area contributed by atoms with Gasteiger partial charge < -0.3 is 5.32 Å². The minimum atomic E-state index is -0.146. The molecule has 2 aliphatic rings. The number of benzene rings is 1. The van der Waals surface area contributed by atoms with Crippen molar-refractivity contribution in [1.82, 2.24) is 5.32 Å². The molecule has 1 aliphatic heterocycles. The molecule has 1 heterocycles. The fourth-order valence-corrected chi connectivity index (χ4v) is 3.70. The molecule has 0 aromatic heterocycles. The molecular formula is C18H25NO. The highest BCUT2D eigenvalue weighted by Crippen LogP contribution is 2.38. The van der Waals surface area contributed by atoms with Gasteiger partial charge in [-0.05, 0) is 43.7 Å². The van der Waals surface area contributed by atoms with Crippen LogP contribution in [0.5, 0.6) is 0 Å². The summed E-state index contributed by atoms with van der Waals surface area (Å²) in [4.78, 5) is 12.9. The van der Waals surface area contributed by atoms with Crippen LogP contribution in [0.3, 0.4) is 0 Å². The van der Waals surface area contributed by atoms with Gasteiger partial charge in [0.1, 0.15) is 0 Å². The summed E-state index contributed by atoms with van der Waals surface area (Å²) in [5.41, 5.74) is 2.18.